The third-order valence-corrected chi connectivity index (χ3v) is 4.74. The van der Waals surface area contributed by atoms with Crippen LogP contribution in [-0.2, 0) is 12.0 Å². The summed E-state index contributed by atoms with van der Waals surface area (Å²) >= 11 is 0. The Labute approximate surface area is 138 Å². The molecular formula is C22H22N+. The van der Waals surface area contributed by atoms with Crippen LogP contribution in [0.1, 0.15) is 31.9 Å². The molecule has 1 aromatic heterocycles. The molecule has 23 heavy (non-hydrogen) atoms. The number of aromatic nitrogens is 1. The molecule has 0 fully saturated rings. The Balaban J connectivity index is 1.85. The van der Waals surface area contributed by atoms with Gasteiger partial charge in [-0.15, -0.1) is 0 Å². The van der Waals surface area contributed by atoms with Crippen molar-refractivity contribution in [3.8, 4) is 22.4 Å². The van der Waals surface area contributed by atoms with Crippen molar-refractivity contribution < 1.29 is 4.57 Å². The summed E-state index contributed by atoms with van der Waals surface area (Å²) in [7, 11) is 0. The van der Waals surface area contributed by atoms with Gasteiger partial charge in [0.2, 0.25) is 5.69 Å². The molecule has 1 aliphatic heterocycles. The van der Waals surface area contributed by atoms with Gasteiger partial charge in [-0.25, -0.2) is 0 Å². The fourth-order valence-corrected chi connectivity index (χ4v) is 3.31. The standard InChI is InChI=1S/C22H22N/c1-22(2,3)19-11-12-23-15-18-10-9-17(13-20(18)21(23)14-19)16-7-5-4-6-8-16/h4-14H,15H2,1-3H3/q+1. The predicted octanol–water partition coefficient (Wildman–Crippen LogP) is 4.97. The van der Waals surface area contributed by atoms with Gasteiger partial charge in [0.05, 0.1) is 5.56 Å². The molecule has 4 rings (SSSR count). The van der Waals surface area contributed by atoms with Crippen molar-refractivity contribution in [2.75, 3.05) is 0 Å². The van der Waals surface area contributed by atoms with Gasteiger partial charge in [0, 0.05) is 17.7 Å². The minimum atomic E-state index is 0.176. The smallest absolute Gasteiger partial charge is 0.194 e. The second kappa shape index (κ2) is 5.06. The first-order chi connectivity index (χ1) is 11.0. The van der Waals surface area contributed by atoms with E-state index in [0.717, 1.165) is 6.54 Å². The third kappa shape index (κ3) is 2.46. The Morgan fingerprint density at radius 2 is 1.61 bits per heavy atom. The first kappa shape index (κ1) is 14.2. The van der Waals surface area contributed by atoms with Crippen LogP contribution < -0.4 is 4.57 Å². The minimum Gasteiger partial charge on any atom is -0.194 e. The Kier molecular flexibility index (Phi) is 3.12. The molecule has 1 aliphatic rings. The van der Waals surface area contributed by atoms with E-state index in [1.165, 1.54) is 33.5 Å². The normalized spacial score (nSPS) is 12.8. The molecule has 0 unspecified atom stereocenters. The third-order valence-electron chi connectivity index (χ3n) is 4.74. The van der Waals surface area contributed by atoms with Crippen LogP contribution in [0.25, 0.3) is 22.4 Å². The molecule has 1 heteroatoms. The van der Waals surface area contributed by atoms with Gasteiger partial charge >= 0.3 is 0 Å². The monoisotopic (exact) mass is 300 g/mol. The summed E-state index contributed by atoms with van der Waals surface area (Å²) < 4.78 is 2.36. The van der Waals surface area contributed by atoms with Gasteiger partial charge in [0.15, 0.2) is 12.7 Å². The van der Waals surface area contributed by atoms with Crippen LogP contribution in [0.5, 0.6) is 0 Å². The van der Waals surface area contributed by atoms with E-state index in [-0.39, 0.29) is 5.41 Å². The van der Waals surface area contributed by atoms with Crippen LogP contribution in [0.15, 0.2) is 66.9 Å². The van der Waals surface area contributed by atoms with Gasteiger partial charge in [-0.3, -0.25) is 0 Å². The van der Waals surface area contributed by atoms with Gasteiger partial charge in [-0.2, -0.15) is 4.57 Å². The highest BCUT2D eigenvalue weighted by atomic mass is 15.0. The Morgan fingerprint density at radius 3 is 2.35 bits per heavy atom. The molecule has 2 aromatic carbocycles. The van der Waals surface area contributed by atoms with E-state index in [0.29, 0.717) is 0 Å². The van der Waals surface area contributed by atoms with Crippen molar-refractivity contribution in [3.05, 3.63) is 78.0 Å². The number of benzene rings is 2. The maximum absolute atomic E-state index is 2.36. The largest absolute Gasteiger partial charge is 0.213 e. The van der Waals surface area contributed by atoms with Crippen LogP contribution in [-0.4, -0.2) is 0 Å². The van der Waals surface area contributed by atoms with E-state index in [2.05, 4.69) is 92.2 Å². The van der Waals surface area contributed by atoms with Crippen LogP contribution >= 0.6 is 0 Å². The van der Waals surface area contributed by atoms with E-state index >= 15 is 0 Å². The van der Waals surface area contributed by atoms with Crippen LogP contribution in [0.3, 0.4) is 0 Å². The summed E-state index contributed by atoms with van der Waals surface area (Å²) in [4.78, 5) is 0. The van der Waals surface area contributed by atoms with Crippen molar-refractivity contribution >= 4 is 0 Å². The molecule has 0 bridgehead atoms. The maximum Gasteiger partial charge on any atom is 0.213 e. The van der Waals surface area contributed by atoms with Gasteiger partial charge in [0.25, 0.3) is 0 Å². The molecule has 0 N–H and O–H groups in total. The molecule has 0 aliphatic carbocycles. The number of rotatable bonds is 1. The molecule has 0 saturated heterocycles. The second-order valence-electron chi connectivity index (χ2n) is 7.42. The van der Waals surface area contributed by atoms with Gasteiger partial charge < -0.3 is 0 Å². The van der Waals surface area contributed by atoms with Crippen molar-refractivity contribution in [1.82, 2.24) is 0 Å². The fraction of sp³-hybridized carbons (Fsp3) is 0.227. The summed E-state index contributed by atoms with van der Waals surface area (Å²) in [6.45, 7) is 7.80. The van der Waals surface area contributed by atoms with E-state index in [1.54, 1.807) is 0 Å². The summed E-state index contributed by atoms with van der Waals surface area (Å²) in [5.74, 6) is 0. The molecule has 1 nitrogen and oxygen atoms in total. The Bertz CT molecular complexity index is 870. The lowest BCUT2D eigenvalue weighted by Gasteiger charge is -2.18. The fourth-order valence-electron chi connectivity index (χ4n) is 3.31. The van der Waals surface area contributed by atoms with Gasteiger partial charge in [-0.05, 0) is 28.2 Å². The first-order valence-corrected chi connectivity index (χ1v) is 8.25. The molecule has 0 atom stereocenters. The zero-order chi connectivity index (χ0) is 16.0. The zero-order valence-electron chi connectivity index (χ0n) is 14.0. The summed E-state index contributed by atoms with van der Waals surface area (Å²) in [6, 6.07) is 22.1. The maximum atomic E-state index is 2.36. The number of nitrogens with zero attached hydrogens (tertiary/aromatic N) is 1. The lowest BCUT2D eigenvalue weighted by atomic mass is 9.87. The topological polar surface area (TPSA) is 3.88 Å². The molecule has 2 heterocycles. The molecule has 0 radical (unpaired) electrons. The average Bonchev–Trinajstić information content (AvgIpc) is 2.92. The molecule has 0 saturated carbocycles. The van der Waals surface area contributed by atoms with Gasteiger partial charge in [0.1, 0.15) is 0 Å². The summed E-state index contributed by atoms with van der Waals surface area (Å²) in [6.07, 6.45) is 2.23. The first-order valence-electron chi connectivity index (χ1n) is 8.25. The Morgan fingerprint density at radius 1 is 0.826 bits per heavy atom. The highest BCUT2D eigenvalue weighted by molar-refractivity contribution is 5.74. The summed E-state index contributed by atoms with van der Waals surface area (Å²) in [5.41, 5.74) is 8.26. The van der Waals surface area contributed by atoms with Crippen LogP contribution in [0.2, 0.25) is 0 Å². The lowest BCUT2D eigenvalue weighted by Crippen LogP contribution is -2.32. The van der Waals surface area contributed by atoms with E-state index in [4.69, 9.17) is 0 Å². The Hall–Kier alpha value is -2.41. The molecule has 0 amide bonds. The van der Waals surface area contributed by atoms with Crippen LogP contribution in [0.4, 0.5) is 0 Å². The van der Waals surface area contributed by atoms with E-state index in [9.17, 15) is 0 Å². The van der Waals surface area contributed by atoms with E-state index < -0.39 is 0 Å². The number of fused-ring (bicyclic) bond motifs is 3. The minimum absolute atomic E-state index is 0.176. The lowest BCUT2D eigenvalue weighted by molar-refractivity contribution is -0.672. The molecule has 114 valence electrons. The SMILES string of the molecule is CC(C)(C)c1cc[n+]2c(c1)-c1cc(-c3ccccc3)ccc1C2. The molecule has 0 spiro atoms. The van der Waals surface area contributed by atoms with Crippen LogP contribution in [0, 0.1) is 0 Å². The highest BCUT2D eigenvalue weighted by Gasteiger charge is 2.28. The average molecular weight is 300 g/mol. The second-order valence-corrected chi connectivity index (χ2v) is 7.42. The molecule has 3 aromatic rings. The van der Waals surface area contributed by atoms with Crippen molar-refractivity contribution in [3.63, 3.8) is 0 Å². The predicted molar refractivity (Wildman–Crippen MR) is 95.3 cm³/mol. The van der Waals surface area contributed by atoms with Gasteiger partial charge in [-0.1, -0.05) is 63.2 Å². The number of hydrogen-bond donors (Lipinski definition) is 0. The van der Waals surface area contributed by atoms with Crippen molar-refractivity contribution in [2.45, 2.75) is 32.7 Å². The van der Waals surface area contributed by atoms with E-state index in [1.807, 2.05) is 0 Å². The number of hydrogen-bond acceptors (Lipinski definition) is 0. The van der Waals surface area contributed by atoms with Crippen molar-refractivity contribution in [1.29, 1.82) is 0 Å². The zero-order valence-corrected chi connectivity index (χ0v) is 14.0. The van der Waals surface area contributed by atoms with Crippen molar-refractivity contribution in [2.24, 2.45) is 0 Å². The highest BCUT2D eigenvalue weighted by Crippen LogP contribution is 2.33. The molecular weight excluding hydrogens is 278 g/mol. The number of pyridine rings is 1. The quantitative estimate of drug-likeness (QED) is 0.437. The summed E-state index contributed by atoms with van der Waals surface area (Å²) in [5, 5.41) is 0.